The van der Waals surface area contributed by atoms with Gasteiger partial charge in [0.1, 0.15) is 0 Å². The van der Waals surface area contributed by atoms with Gasteiger partial charge in [0.05, 0.1) is 11.0 Å². The first-order valence-electron chi connectivity index (χ1n) is 11.6. The number of non-ortho nitro benzene ring substituents is 1. The van der Waals surface area contributed by atoms with Crippen molar-refractivity contribution in [2.75, 3.05) is 0 Å². The first-order chi connectivity index (χ1) is 14.7. The van der Waals surface area contributed by atoms with Crippen molar-refractivity contribution < 1.29 is 14.8 Å². The Bertz CT molecular complexity index is 993. The number of fused-ring (bicyclic) bond motifs is 5. The van der Waals surface area contributed by atoms with E-state index in [9.17, 15) is 20.0 Å². The predicted molar refractivity (Wildman–Crippen MR) is 119 cm³/mol. The molecule has 0 amide bonds. The first kappa shape index (κ1) is 20.6. The largest absolute Gasteiger partial charge is 0.393 e. The lowest BCUT2D eigenvalue weighted by Gasteiger charge is -2.56. The number of allylic oxidation sites excluding steroid dienone is 2. The van der Waals surface area contributed by atoms with Crippen LogP contribution in [-0.4, -0.2) is 21.9 Å². The van der Waals surface area contributed by atoms with Crippen molar-refractivity contribution in [1.29, 1.82) is 0 Å². The summed E-state index contributed by atoms with van der Waals surface area (Å²) in [6, 6.07) is 6.47. The van der Waals surface area contributed by atoms with E-state index >= 15 is 0 Å². The number of carbonyl (C=O) groups is 1. The average Bonchev–Trinajstić information content (AvgIpc) is 2.99. The van der Waals surface area contributed by atoms with Gasteiger partial charge in [-0.3, -0.25) is 14.9 Å². The van der Waals surface area contributed by atoms with Gasteiger partial charge in [0.2, 0.25) is 0 Å². The number of Topliss-reactive ketones (excluding diaryl/α,β-unsaturated/α-hetero) is 1. The number of nitro groups is 1. The summed E-state index contributed by atoms with van der Waals surface area (Å²) in [7, 11) is 0. The molecule has 5 nitrogen and oxygen atoms in total. The Hall–Kier alpha value is -2.27. The molecule has 3 fully saturated rings. The summed E-state index contributed by atoms with van der Waals surface area (Å²) >= 11 is 0. The van der Waals surface area contributed by atoms with E-state index in [1.165, 1.54) is 17.7 Å². The number of aliphatic hydroxyl groups is 1. The van der Waals surface area contributed by atoms with Crippen LogP contribution in [-0.2, 0) is 4.79 Å². The fourth-order valence-electron chi connectivity index (χ4n) is 7.33. The topological polar surface area (TPSA) is 80.4 Å². The molecule has 5 rings (SSSR count). The van der Waals surface area contributed by atoms with Gasteiger partial charge in [-0.15, -0.1) is 0 Å². The van der Waals surface area contributed by atoms with Crippen LogP contribution in [0.2, 0.25) is 0 Å². The molecule has 31 heavy (non-hydrogen) atoms. The van der Waals surface area contributed by atoms with Crippen LogP contribution in [0.5, 0.6) is 0 Å². The van der Waals surface area contributed by atoms with Gasteiger partial charge in [0.15, 0.2) is 5.78 Å². The van der Waals surface area contributed by atoms with E-state index in [-0.39, 0.29) is 28.4 Å². The molecule has 0 bridgehead atoms. The van der Waals surface area contributed by atoms with Gasteiger partial charge in [0.25, 0.3) is 5.69 Å². The van der Waals surface area contributed by atoms with Crippen LogP contribution in [0.25, 0.3) is 6.08 Å². The summed E-state index contributed by atoms with van der Waals surface area (Å²) in [6.45, 7) is 4.56. The van der Waals surface area contributed by atoms with Crippen LogP contribution >= 0.6 is 0 Å². The van der Waals surface area contributed by atoms with E-state index in [2.05, 4.69) is 19.9 Å². The zero-order valence-corrected chi connectivity index (χ0v) is 18.3. The number of hydrogen-bond donors (Lipinski definition) is 1. The number of benzene rings is 1. The monoisotopic (exact) mass is 421 g/mol. The molecule has 4 aliphatic rings. The van der Waals surface area contributed by atoms with E-state index in [0.29, 0.717) is 17.8 Å². The fraction of sp³-hybridized carbons (Fsp3) is 0.577. The third-order valence-corrected chi connectivity index (χ3v) is 9.16. The van der Waals surface area contributed by atoms with Crippen molar-refractivity contribution >= 4 is 17.5 Å². The van der Waals surface area contributed by atoms with Gasteiger partial charge < -0.3 is 5.11 Å². The van der Waals surface area contributed by atoms with E-state index < -0.39 is 4.92 Å². The molecule has 0 saturated heterocycles. The minimum atomic E-state index is -0.400. The van der Waals surface area contributed by atoms with E-state index in [4.69, 9.17) is 0 Å². The third-order valence-electron chi connectivity index (χ3n) is 9.16. The average molecular weight is 422 g/mol. The quantitative estimate of drug-likeness (QED) is 0.297. The third kappa shape index (κ3) is 3.12. The highest BCUT2D eigenvalue weighted by atomic mass is 16.6. The Balaban J connectivity index is 1.44. The molecule has 0 heterocycles. The van der Waals surface area contributed by atoms with E-state index in [1.54, 1.807) is 12.1 Å². The second kappa shape index (κ2) is 7.13. The van der Waals surface area contributed by atoms with Gasteiger partial charge in [-0.05, 0) is 97.5 Å². The highest BCUT2D eigenvalue weighted by Crippen LogP contribution is 2.64. The van der Waals surface area contributed by atoms with Gasteiger partial charge >= 0.3 is 0 Å². The maximum atomic E-state index is 13.5. The summed E-state index contributed by atoms with van der Waals surface area (Å²) < 4.78 is 0. The minimum absolute atomic E-state index is 0.0685. The molecular weight excluding hydrogens is 390 g/mol. The molecule has 1 N–H and O–H groups in total. The Labute approximate surface area is 183 Å². The van der Waals surface area contributed by atoms with Crippen LogP contribution in [0.4, 0.5) is 5.69 Å². The summed E-state index contributed by atoms with van der Waals surface area (Å²) in [6.07, 6.45) is 10.7. The van der Waals surface area contributed by atoms with Crippen molar-refractivity contribution in [2.24, 2.45) is 28.6 Å². The molecule has 0 aromatic heterocycles. The van der Waals surface area contributed by atoms with E-state index in [1.807, 2.05) is 6.08 Å². The summed E-state index contributed by atoms with van der Waals surface area (Å²) in [4.78, 5) is 24.0. The molecule has 0 aliphatic heterocycles. The van der Waals surface area contributed by atoms with Crippen molar-refractivity contribution in [3.05, 3.63) is 57.2 Å². The highest BCUT2D eigenvalue weighted by molar-refractivity contribution is 6.06. The minimum Gasteiger partial charge on any atom is -0.393 e. The molecule has 0 unspecified atom stereocenters. The van der Waals surface area contributed by atoms with Crippen molar-refractivity contribution in [3.8, 4) is 0 Å². The van der Waals surface area contributed by atoms with Crippen molar-refractivity contribution in [1.82, 2.24) is 0 Å². The van der Waals surface area contributed by atoms with E-state index in [0.717, 1.165) is 56.1 Å². The van der Waals surface area contributed by atoms with Gasteiger partial charge in [0, 0.05) is 17.5 Å². The van der Waals surface area contributed by atoms with Crippen LogP contribution < -0.4 is 0 Å². The molecular formula is C26H31NO4. The normalized spacial score (nSPS) is 40.7. The fourth-order valence-corrected chi connectivity index (χ4v) is 7.33. The summed E-state index contributed by atoms with van der Waals surface area (Å²) in [5.41, 5.74) is 3.11. The van der Waals surface area contributed by atoms with Crippen molar-refractivity contribution in [3.63, 3.8) is 0 Å². The lowest BCUT2D eigenvalue weighted by molar-refractivity contribution is -0.384. The summed E-state index contributed by atoms with van der Waals surface area (Å²) in [5, 5.41) is 21.1. The number of nitro benzene ring substituents is 1. The zero-order chi connectivity index (χ0) is 22.0. The second-order valence-corrected chi connectivity index (χ2v) is 10.7. The molecule has 3 saturated carbocycles. The molecule has 4 aliphatic carbocycles. The smallest absolute Gasteiger partial charge is 0.269 e. The second-order valence-electron chi connectivity index (χ2n) is 10.7. The zero-order valence-electron chi connectivity index (χ0n) is 18.3. The summed E-state index contributed by atoms with van der Waals surface area (Å²) in [5.74, 6) is 1.72. The molecule has 164 valence electrons. The lowest BCUT2D eigenvalue weighted by atomic mass is 9.48. The number of nitrogens with zero attached hydrogens (tertiary/aromatic N) is 1. The number of hydrogen-bond acceptors (Lipinski definition) is 4. The van der Waals surface area contributed by atoms with Gasteiger partial charge in [-0.25, -0.2) is 0 Å². The first-order valence-corrected chi connectivity index (χ1v) is 11.6. The molecule has 0 spiro atoms. The van der Waals surface area contributed by atoms with Gasteiger partial charge in [-0.1, -0.05) is 25.5 Å². The molecule has 5 heteroatoms. The van der Waals surface area contributed by atoms with Crippen LogP contribution in [0.3, 0.4) is 0 Å². The van der Waals surface area contributed by atoms with Crippen LogP contribution in [0, 0.1) is 38.7 Å². The number of rotatable bonds is 2. The Morgan fingerprint density at radius 3 is 2.48 bits per heavy atom. The van der Waals surface area contributed by atoms with Crippen LogP contribution in [0.15, 0.2) is 41.5 Å². The molecule has 1 aromatic carbocycles. The SMILES string of the molecule is C[C@@]12CC[C@@H]3[C@H](CC=C4C[C@H](O)CC[C@@]43C)[C@H]1C/C(=C\c1ccc([N+](=O)[O-])cc1)C2=O. The Morgan fingerprint density at radius 2 is 1.77 bits per heavy atom. The molecule has 6 atom stereocenters. The van der Waals surface area contributed by atoms with Gasteiger partial charge in [-0.2, -0.15) is 0 Å². The predicted octanol–water partition coefficient (Wildman–Crippen LogP) is 5.48. The highest BCUT2D eigenvalue weighted by Gasteiger charge is 2.59. The number of carbonyl (C=O) groups excluding carboxylic acids is 1. The van der Waals surface area contributed by atoms with Crippen LogP contribution in [0.1, 0.15) is 64.4 Å². The molecule has 1 aromatic rings. The Kier molecular flexibility index (Phi) is 4.74. The lowest BCUT2D eigenvalue weighted by Crippen LogP contribution is -2.50. The number of aliphatic hydroxyl groups excluding tert-OH is 1. The maximum absolute atomic E-state index is 13.5. The maximum Gasteiger partial charge on any atom is 0.269 e. The Morgan fingerprint density at radius 1 is 1.06 bits per heavy atom. The standard InChI is InChI=1S/C26H31NO4/c1-25-11-9-20(28)15-18(25)5-8-21-22(25)10-12-26(2)23(21)14-17(24(26)29)13-16-3-6-19(7-4-16)27(30)31/h3-7,13,20-23,28H,8-12,14-15H2,1-2H3/b17-13+/t20-,21+,22-,23-,25+,26-/m1/s1. The van der Waals surface area contributed by atoms with Crippen molar-refractivity contribution in [2.45, 2.75) is 64.9 Å². The number of ketones is 1. The molecule has 0 radical (unpaired) electrons.